The lowest BCUT2D eigenvalue weighted by Crippen LogP contribution is -2.28. The molecule has 1 amide bonds. The van der Waals surface area contributed by atoms with Crippen molar-refractivity contribution >= 4 is 33.7 Å². The van der Waals surface area contributed by atoms with Crippen molar-refractivity contribution in [1.82, 2.24) is 14.6 Å². The molecule has 0 aromatic carbocycles. The number of carbonyl (C=O) groups is 2. The zero-order chi connectivity index (χ0) is 19.0. The predicted octanol–water partition coefficient (Wildman–Crippen LogP) is 1.03. The quantitative estimate of drug-likeness (QED) is 0.374. The highest BCUT2D eigenvalue weighted by Crippen LogP contribution is 2.22. The molecular formula is C16H23N3O5S2. The molecule has 0 atom stereocenters. The van der Waals surface area contributed by atoms with E-state index >= 15 is 0 Å². The Kier molecular flexibility index (Phi) is 7.85. The van der Waals surface area contributed by atoms with Crippen molar-refractivity contribution in [2.45, 2.75) is 35.6 Å². The number of methoxy groups -OCH3 is 1. The molecule has 0 unspecified atom stereocenters. The van der Waals surface area contributed by atoms with E-state index in [4.69, 9.17) is 0 Å². The van der Waals surface area contributed by atoms with E-state index in [9.17, 15) is 18.0 Å². The maximum absolute atomic E-state index is 12.4. The van der Waals surface area contributed by atoms with Gasteiger partial charge in [0.2, 0.25) is 15.9 Å². The third-order valence-corrected chi connectivity index (χ3v) is 6.70. The van der Waals surface area contributed by atoms with Crippen LogP contribution in [0, 0.1) is 0 Å². The first kappa shape index (κ1) is 20.7. The first-order valence-electron chi connectivity index (χ1n) is 8.36. The van der Waals surface area contributed by atoms with Gasteiger partial charge in [0.05, 0.1) is 17.9 Å². The van der Waals surface area contributed by atoms with Gasteiger partial charge in [-0.15, -0.1) is 0 Å². The Balaban J connectivity index is 1.76. The summed E-state index contributed by atoms with van der Waals surface area (Å²) < 4.78 is 30.8. The summed E-state index contributed by atoms with van der Waals surface area (Å²) in [5, 5.41) is 3.29. The van der Waals surface area contributed by atoms with Crippen LogP contribution in [-0.2, 0) is 24.3 Å². The van der Waals surface area contributed by atoms with Gasteiger partial charge in [-0.1, -0.05) is 11.8 Å². The van der Waals surface area contributed by atoms with E-state index in [0.29, 0.717) is 31.1 Å². The fourth-order valence-electron chi connectivity index (χ4n) is 2.44. The molecule has 0 bridgehead atoms. The number of esters is 1. The topological polar surface area (TPSA) is 106 Å². The number of pyridine rings is 1. The number of hydrogen-bond acceptors (Lipinski definition) is 7. The molecule has 10 heteroatoms. The number of amides is 1. The van der Waals surface area contributed by atoms with E-state index < -0.39 is 10.0 Å². The predicted molar refractivity (Wildman–Crippen MR) is 97.2 cm³/mol. The zero-order valence-electron chi connectivity index (χ0n) is 14.6. The molecule has 1 aromatic rings. The average Bonchev–Trinajstić information content (AvgIpc) is 3.19. The SMILES string of the molecule is COC(=O)CCCNC(=O)CSc1ccc(S(=O)(=O)N2CCCC2)cn1. The Morgan fingerprint density at radius 2 is 2.04 bits per heavy atom. The van der Waals surface area contributed by atoms with Crippen molar-refractivity contribution in [3.63, 3.8) is 0 Å². The number of nitrogens with one attached hydrogen (secondary N) is 1. The highest BCUT2D eigenvalue weighted by molar-refractivity contribution is 7.99. The molecule has 1 saturated heterocycles. The molecule has 0 spiro atoms. The third kappa shape index (κ3) is 5.96. The van der Waals surface area contributed by atoms with Crippen molar-refractivity contribution in [2.75, 3.05) is 32.5 Å². The van der Waals surface area contributed by atoms with E-state index in [0.717, 1.165) is 12.8 Å². The van der Waals surface area contributed by atoms with E-state index in [1.54, 1.807) is 6.07 Å². The number of carbonyl (C=O) groups excluding carboxylic acids is 2. The smallest absolute Gasteiger partial charge is 0.305 e. The molecule has 0 radical (unpaired) electrons. The summed E-state index contributed by atoms with van der Waals surface area (Å²) in [6.45, 7) is 1.50. The molecule has 144 valence electrons. The summed E-state index contributed by atoms with van der Waals surface area (Å²) in [5.41, 5.74) is 0. The van der Waals surface area contributed by atoms with Gasteiger partial charge in [0.1, 0.15) is 4.90 Å². The molecule has 1 N–H and O–H groups in total. The average molecular weight is 402 g/mol. The van der Waals surface area contributed by atoms with Crippen molar-refractivity contribution in [1.29, 1.82) is 0 Å². The van der Waals surface area contributed by atoms with Gasteiger partial charge in [-0.05, 0) is 31.4 Å². The van der Waals surface area contributed by atoms with E-state index in [-0.39, 0.29) is 28.9 Å². The second-order valence-electron chi connectivity index (χ2n) is 5.76. The van der Waals surface area contributed by atoms with E-state index in [2.05, 4.69) is 15.0 Å². The summed E-state index contributed by atoms with van der Waals surface area (Å²) in [6.07, 6.45) is 3.89. The largest absolute Gasteiger partial charge is 0.469 e. The van der Waals surface area contributed by atoms with Gasteiger partial charge in [0.15, 0.2) is 0 Å². The van der Waals surface area contributed by atoms with Crippen LogP contribution in [0.25, 0.3) is 0 Å². The van der Waals surface area contributed by atoms with Gasteiger partial charge >= 0.3 is 5.97 Å². The third-order valence-electron chi connectivity index (χ3n) is 3.87. The summed E-state index contributed by atoms with van der Waals surface area (Å²) >= 11 is 1.23. The standard InChI is InChI=1S/C16H23N3O5S2/c1-24-16(21)5-4-8-17-14(20)12-25-15-7-6-13(11-18-15)26(22,23)19-9-2-3-10-19/h6-7,11H,2-5,8-10,12H2,1H3,(H,17,20). The van der Waals surface area contributed by atoms with Gasteiger partial charge in [-0.3, -0.25) is 9.59 Å². The molecule has 26 heavy (non-hydrogen) atoms. The number of hydrogen-bond donors (Lipinski definition) is 1. The van der Waals surface area contributed by atoms with Crippen molar-refractivity contribution < 1.29 is 22.7 Å². The summed E-state index contributed by atoms with van der Waals surface area (Å²) in [6, 6.07) is 3.13. The number of rotatable bonds is 9. The highest BCUT2D eigenvalue weighted by Gasteiger charge is 2.27. The second-order valence-corrected chi connectivity index (χ2v) is 8.70. The van der Waals surface area contributed by atoms with Crippen LogP contribution in [0.3, 0.4) is 0 Å². The molecule has 0 aliphatic carbocycles. The Morgan fingerprint density at radius 1 is 1.31 bits per heavy atom. The second kappa shape index (κ2) is 9.89. The maximum Gasteiger partial charge on any atom is 0.305 e. The summed E-state index contributed by atoms with van der Waals surface area (Å²) in [7, 11) is -2.14. The van der Waals surface area contributed by atoms with Crippen LogP contribution < -0.4 is 5.32 Å². The molecule has 1 aliphatic rings. The monoisotopic (exact) mass is 401 g/mol. The van der Waals surface area contributed by atoms with Gasteiger partial charge in [0.25, 0.3) is 0 Å². The first-order valence-corrected chi connectivity index (χ1v) is 10.8. The molecular weight excluding hydrogens is 378 g/mol. The van der Waals surface area contributed by atoms with Crippen LogP contribution in [0.4, 0.5) is 0 Å². The van der Waals surface area contributed by atoms with Crippen LogP contribution >= 0.6 is 11.8 Å². The first-order chi connectivity index (χ1) is 12.4. The summed E-state index contributed by atoms with van der Waals surface area (Å²) in [5.74, 6) is -0.305. The molecule has 2 rings (SSSR count). The Labute approximate surface area is 157 Å². The fourth-order valence-corrected chi connectivity index (χ4v) is 4.57. The fraction of sp³-hybridized carbons (Fsp3) is 0.562. The van der Waals surface area contributed by atoms with Crippen LogP contribution in [0.2, 0.25) is 0 Å². The van der Waals surface area contributed by atoms with Gasteiger partial charge < -0.3 is 10.1 Å². The van der Waals surface area contributed by atoms with Crippen molar-refractivity contribution in [2.24, 2.45) is 0 Å². The van der Waals surface area contributed by atoms with E-state index in [1.807, 2.05) is 0 Å². The van der Waals surface area contributed by atoms with Crippen molar-refractivity contribution in [3.8, 4) is 0 Å². The molecule has 1 fully saturated rings. The van der Waals surface area contributed by atoms with Gasteiger partial charge in [-0.2, -0.15) is 4.31 Å². The summed E-state index contributed by atoms with van der Waals surface area (Å²) in [4.78, 5) is 27.0. The highest BCUT2D eigenvalue weighted by atomic mass is 32.2. The van der Waals surface area contributed by atoms with Gasteiger partial charge in [0, 0.05) is 32.3 Å². The lowest BCUT2D eigenvalue weighted by molar-refractivity contribution is -0.140. The molecule has 8 nitrogen and oxygen atoms in total. The Hall–Kier alpha value is -1.65. The minimum atomic E-state index is -3.47. The number of thioether (sulfide) groups is 1. The number of nitrogens with zero attached hydrogens (tertiary/aromatic N) is 2. The maximum atomic E-state index is 12.4. The van der Waals surface area contributed by atoms with Gasteiger partial charge in [-0.25, -0.2) is 13.4 Å². The molecule has 2 heterocycles. The Morgan fingerprint density at radius 3 is 2.65 bits per heavy atom. The molecule has 0 saturated carbocycles. The number of sulfonamides is 1. The Bertz CT molecular complexity index is 716. The lowest BCUT2D eigenvalue weighted by atomic mass is 10.3. The number of ether oxygens (including phenoxy) is 1. The zero-order valence-corrected chi connectivity index (χ0v) is 16.3. The molecule has 1 aromatic heterocycles. The minimum Gasteiger partial charge on any atom is -0.469 e. The van der Waals surface area contributed by atoms with Crippen LogP contribution in [0.15, 0.2) is 28.3 Å². The van der Waals surface area contributed by atoms with Crippen molar-refractivity contribution in [3.05, 3.63) is 18.3 Å². The normalized spacial score (nSPS) is 15.0. The van der Waals surface area contributed by atoms with Crippen LogP contribution in [0.1, 0.15) is 25.7 Å². The minimum absolute atomic E-state index is 0.170. The van der Waals surface area contributed by atoms with Crippen LogP contribution in [-0.4, -0.2) is 62.1 Å². The number of aromatic nitrogens is 1. The molecule has 1 aliphatic heterocycles. The van der Waals surface area contributed by atoms with Crippen LogP contribution in [0.5, 0.6) is 0 Å². The lowest BCUT2D eigenvalue weighted by Gasteiger charge is -2.15. The van der Waals surface area contributed by atoms with E-state index in [1.165, 1.54) is 35.4 Å².